The number of carbonyl (C=O) groups is 1. The third-order valence-electron chi connectivity index (χ3n) is 3.95. The molecule has 0 aromatic heterocycles. The maximum Gasteiger partial charge on any atom is 0.241 e. The smallest absolute Gasteiger partial charge is 0.241 e. The normalized spacial score (nSPS) is 23.6. The van der Waals surface area contributed by atoms with Crippen LogP contribution in [0.3, 0.4) is 0 Å². The van der Waals surface area contributed by atoms with E-state index in [4.69, 9.17) is 0 Å². The maximum absolute atomic E-state index is 12.3. The summed E-state index contributed by atoms with van der Waals surface area (Å²) in [6.07, 6.45) is 8.87. The summed E-state index contributed by atoms with van der Waals surface area (Å²) >= 11 is 0. The highest BCUT2D eigenvalue weighted by atomic mass is 16.2. The number of nitrogens with one attached hydrogen (secondary N) is 1. The third kappa shape index (κ3) is 5.52. The molecule has 2 atom stereocenters. The fourth-order valence-electron chi connectivity index (χ4n) is 2.85. The van der Waals surface area contributed by atoms with Crippen molar-refractivity contribution in [1.82, 2.24) is 10.2 Å². The number of nitrogens with zero attached hydrogens (tertiary/aromatic N) is 1. The molecule has 1 heterocycles. The van der Waals surface area contributed by atoms with E-state index in [1.807, 2.05) is 4.90 Å². The van der Waals surface area contributed by atoms with Gasteiger partial charge in [-0.1, -0.05) is 52.9 Å². The fraction of sp³-hybridized carbons (Fsp3) is 0.938. The Morgan fingerprint density at radius 1 is 1.16 bits per heavy atom. The second-order valence-electron chi connectivity index (χ2n) is 6.32. The summed E-state index contributed by atoms with van der Waals surface area (Å²) in [6, 6.07) is 0.0510. The second-order valence-corrected chi connectivity index (χ2v) is 6.32. The first-order valence-electron chi connectivity index (χ1n) is 8.12. The number of rotatable bonds is 9. The van der Waals surface area contributed by atoms with Gasteiger partial charge in [0.25, 0.3) is 0 Å². The van der Waals surface area contributed by atoms with Crippen LogP contribution in [0.4, 0.5) is 0 Å². The monoisotopic (exact) mass is 268 g/mol. The van der Waals surface area contributed by atoms with Crippen molar-refractivity contribution >= 4 is 5.91 Å². The molecule has 1 rings (SSSR count). The Labute approximate surface area is 119 Å². The number of carbonyl (C=O) groups excluding carboxylic acids is 1. The van der Waals surface area contributed by atoms with Crippen molar-refractivity contribution in [2.75, 3.05) is 6.54 Å². The molecule has 1 fully saturated rings. The summed E-state index contributed by atoms with van der Waals surface area (Å²) in [5, 5.41) is 3.42. The van der Waals surface area contributed by atoms with E-state index >= 15 is 0 Å². The molecular weight excluding hydrogens is 236 g/mol. The minimum absolute atomic E-state index is 0.0510. The zero-order valence-electron chi connectivity index (χ0n) is 13.2. The Morgan fingerprint density at radius 2 is 1.79 bits per heavy atom. The van der Waals surface area contributed by atoms with Crippen LogP contribution in [-0.2, 0) is 4.79 Å². The lowest BCUT2D eigenvalue weighted by molar-refractivity contribution is -0.130. The predicted molar refractivity (Wildman–Crippen MR) is 80.9 cm³/mol. The SMILES string of the molecule is CCCCCCCCN1C(=O)C(CC(C)C)NC1C. The molecule has 1 aliphatic heterocycles. The van der Waals surface area contributed by atoms with Crippen LogP contribution in [-0.4, -0.2) is 29.6 Å². The Bertz CT molecular complexity index is 265. The zero-order valence-corrected chi connectivity index (χ0v) is 13.2. The van der Waals surface area contributed by atoms with E-state index < -0.39 is 0 Å². The maximum atomic E-state index is 12.3. The summed E-state index contributed by atoms with van der Waals surface area (Å²) in [5.41, 5.74) is 0. The van der Waals surface area contributed by atoms with Crippen LogP contribution in [0.1, 0.15) is 72.6 Å². The van der Waals surface area contributed by atoms with Gasteiger partial charge in [0.1, 0.15) is 0 Å². The Morgan fingerprint density at radius 3 is 2.42 bits per heavy atom. The molecule has 0 radical (unpaired) electrons. The molecule has 1 N–H and O–H groups in total. The van der Waals surface area contributed by atoms with Crippen LogP contribution in [0.2, 0.25) is 0 Å². The average molecular weight is 268 g/mol. The van der Waals surface area contributed by atoms with Gasteiger partial charge in [0.2, 0.25) is 5.91 Å². The number of unbranched alkanes of at least 4 members (excludes halogenated alkanes) is 5. The van der Waals surface area contributed by atoms with Gasteiger partial charge in [0.05, 0.1) is 12.2 Å². The summed E-state index contributed by atoms with van der Waals surface area (Å²) in [6.45, 7) is 9.63. The second kappa shape index (κ2) is 8.57. The van der Waals surface area contributed by atoms with Crippen molar-refractivity contribution in [3.8, 4) is 0 Å². The average Bonchev–Trinajstić information content (AvgIpc) is 2.59. The molecule has 19 heavy (non-hydrogen) atoms. The third-order valence-corrected chi connectivity index (χ3v) is 3.95. The minimum atomic E-state index is 0.0510. The van der Waals surface area contributed by atoms with Crippen molar-refractivity contribution in [2.45, 2.75) is 84.8 Å². The quantitative estimate of drug-likeness (QED) is 0.649. The van der Waals surface area contributed by atoms with Crippen molar-refractivity contribution < 1.29 is 4.79 Å². The fourth-order valence-corrected chi connectivity index (χ4v) is 2.85. The van der Waals surface area contributed by atoms with Crippen molar-refractivity contribution in [3.63, 3.8) is 0 Å². The highest BCUT2D eigenvalue weighted by Gasteiger charge is 2.35. The molecule has 0 bridgehead atoms. The molecule has 0 aromatic rings. The molecule has 2 unspecified atom stereocenters. The molecule has 1 aliphatic rings. The molecule has 0 aliphatic carbocycles. The van der Waals surface area contributed by atoms with Gasteiger partial charge in [-0.05, 0) is 25.7 Å². The molecule has 1 amide bonds. The number of hydrogen-bond donors (Lipinski definition) is 1. The topological polar surface area (TPSA) is 32.3 Å². The summed E-state index contributed by atoms with van der Waals surface area (Å²) in [4.78, 5) is 14.3. The van der Waals surface area contributed by atoms with Gasteiger partial charge >= 0.3 is 0 Å². The molecule has 0 saturated carbocycles. The lowest BCUT2D eigenvalue weighted by atomic mass is 10.0. The Balaban J connectivity index is 2.24. The standard InChI is InChI=1S/C16H32N2O/c1-5-6-7-8-9-10-11-18-14(4)17-15(16(18)19)12-13(2)3/h13-15,17H,5-12H2,1-4H3. The lowest BCUT2D eigenvalue weighted by Gasteiger charge is -2.20. The summed E-state index contributed by atoms with van der Waals surface area (Å²) in [5.74, 6) is 0.886. The van der Waals surface area contributed by atoms with Gasteiger partial charge in [-0.2, -0.15) is 0 Å². The molecule has 3 heteroatoms. The van der Waals surface area contributed by atoms with Crippen LogP contribution in [0.15, 0.2) is 0 Å². The molecule has 0 aromatic carbocycles. The first kappa shape index (κ1) is 16.5. The van der Waals surface area contributed by atoms with Crippen LogP contribution >= 0.6 is 0 Å². The van der Waals surface area contributed by atoms with Crippen LogP contribution in [0.5, 0.6) is 0 Å². The highest BCUT2D eigenvalue weighted by Crippen LogP contribution is 2.17. The molecule has 3 nitrogen and oxygen atoms in total. The van der Waals surface area contributed by atoms with E-state index in [-0.39, 0.29) is 12.2 Å². The minimum Gasteiger partial charge on any atom is -0.326 e. The summed E-state index contributed by atoms with van der Waals surface area (Å²) in [7, 11) is 0. The van der Waals surface area contributed by atoms with Crippen molar-refractivity contribution in [3.05, 3.63) is 0 Å². The Hall–Kier alpha value is -0.570. The van der Waals surface area contributed by atoms with Gasteiger partial charge in [-0.25, -0.2) is 0 Å². The molecule has 1 saturated heterocycles. The van der Waals surface area contributed by atoms with E-state index in [0.717, 1.165) is 19.4 Å². The van der Waals surface area contributed by atoms with Gasteiger partial charge in [-0.15, -0.1) is 0 Å². The summed E-state index contributed by atoms with van der Waals surface area (Å²) < 4.78 is 0. The van der Waals surface area contributed by atoms with Gasteiger partial charge < -0.3 is 4.90 Å². The van der Waals surface area contributed by atoms with Crippen molar-refractivity contribution in [2.24, 2.45) is 5.92 Å². The largest absolute Gasteiger partial charge is 0.326 e. The first-order valence-corrected chi connectivity index (χ1v) is 8.12. The zero-order chi connectivity index (χ0) is 14.3. The van der Waals surface area contributed by atoms with Gasteiger partial charge in [-0.3, -0.25) is 10.1 Å². The highest BCUT2D eigenvalue weighted by molar-refractivity contribution is 5.84. The van der Waals surface area contributed by atoms with E-state index in [0.29, 0.717) is 11.8 Å². The Kier molecular flexibility index (Phi) is 7.44. The van der Waals surface area contributed by atoms with E-state index in [2.05, 4.69) is 33.0 Å². The predicted octanol–water partition coefficient (Wildman–Crippen LogP) is 3.54. The van der Waals surface area contributed by atoms with Gasteiger partial charge in [0, 0.05) is 6.54 Å². The van der Waals surface area contributed by atoms with E-state index in [1.54, 1.807) is 0 Å². The first-order chi connectivity index (χ1) is 9.06. The van der Waals surface area contributed by atoms with Crippen LogP contribution < -0.4 is 5.32 Å². The lowest BCUT2D eigenvalue weighted by Crippen LogP contribution is -2.35. The van der Waals surface area contributed by atoms with Gasteiger partial charge in [0.15, 0.2) is 0 Å². The molecule has 112 valence electrons. The molecule has 0 spiro atoms. The van der Waals surface area contributed by atoms with Crippen LogP contribution in [0.25, 0.3) is 0 Å². The number of hydrogen-bond acceptors (Lipinski definition) is 2. The van der Waals surface area contributed by atoms with E-state index in [1.165, 1.54) is 32.1 Å². The number of amides is 1. The van der Waals surface area contributed by atoms with Crippen molar-refractivity contribution in [1.29, 1.82) is 0 Å². The van der Waals surface area contributed by atoms with Crippen LogP contribution in [0, 0.1) is 5.92 Å². The molecular formula is C16H32N2O. The van der Waals surface area contributed by atoms with E-state index in [9.17, 15) is 4.79 Å².